The van der Waals surface area contributed by atoms with Crippen molar-refractivity contribution in [1.82, 2.24) is 19.1 Å². The number of aromatic carboxylic acids is 2. The van der Waals surface area contributed by atoms with Crippen molar-refractivity contribution in [2.45, 2.75) is 12.2 Å². The summed E-state index contributed by atoms with van der Waals surface area (Å²) in [7, 11) is 0. The fraction of sp³-hybridized carbons (Fsp3) is 0.167. The van der Waals surface area contributed by atoms with Gasteiger partial charge in [0.05, 0.1) is 68.8 Å². The third-order valence-electron chi connectivity index (χ3n) is 8.92. The van der Waals surface area contributed by atoms with E-state index in [2.05, 4.69) is 9.97 Å². The van der Waals surface area contributed by atoms with Gasteiger partial charge in [0.1, 0.15) is 22.8 Å². The Bertz CT molecular complexity index is 3220. The average molecular weight is 887 g/mol. The van der Waals surface area contributed by atoms with Gasteiger partial charge in [-0.15, -0.1) is 0 Å². The van der Waals surface area contributed by atoms with Gasteiger partial charge in [-0.2, -0.15) is 0 Å². The third kappa shape index (κ3) is 7.12. The maximum Gasteiger partial charge on any atom is 0.341 e. The lowest BCUT2D eigenvalue weighted by atomic mass is 10.1. The number of anilines is 4. The van der Waals surface area contributed by atoms with Crippen LogP contribution in [0.25, 0.3) is 33.4 Å². The van der Waals surface area contributed by atoms with Gasteiger partial charge in [-0.05, 0) is 12.1 Å². The molecule has 1 fully saturated rings. The van der Waals surface area contributed by atoms with E-state index in [1.54, 1.807) is 5.32 Å². The topological polar surface area (TPSA) is 241 Å². The minimum Gasteiger partial charge on any atom is -0.477 e. The van der Waals surface area contributed by atoms with Gasteiger partial charge in [-0.25, -0.2) is 45.9 Å². The Morgan fingerprint density at radius 2 is 1.28 bits per heavy atom. The minimum atomic E-state index is -4.12. The summed E-state index contributed by atoms with van der Waals surface area (Å²) < 4.78 is 138. The molecule has 6 aromatic rings. The molecule has 1 aliphatic heterocycles. The molecule has 0 amide bonds. The van der Waals surface area contributed by atoms with Crippen LogP contribution < -0.4 is 32.5 Å². The molecule has 4 aromatic heterocycles. The Morgan fingerprint density at radius 1 is 0.817 bits per heavy atom. The number of aromatic nitrogens is 4. The Hall–Kier alpha value is -6.62. The van der Waals surface area contributed by atoms with Crippen LogP contribution in [0.1, 0.15) is 27.6 Å². The lowest BCUT2D eigenvalue weighted by Crippen LogP contribution is -2.53. The molecule has 1 saturated heterocycles. The standard InChI is InChI=1S/C36H24Cl2F6N8O8/c37-23-25(17(39)1-13-26(23)51(8-15(29(13)54)35(56)57)33-21(43)3-19(41)31(45)48-33)47-5-11(53)10-60-12-6-50(7-12)28-18(40)2-14-27(24(28)38)52(9-16(30(14)55)36(58)59)34-22(44)4-20(42)32(46)49-34/h1-4,8-9,11-12,47,53H,5-7,10H2,(H2,45,48)(H2,46,49)(H,56,57)(H,58,59)/i5D2,10D2,11D. The number of benzene rings is 2. The first-order valence-corrected chi connectivity index (χ1v) is 17.1. The molecule has 312 valence electrons. The van der Waals surface area contributed by atoms with Crippen molar-refractivity contribution in [3.05, 3.63) is 113 Å². The van der Waals surface area contributed by atoms with Crippen molar-refractivity contribution in [2.24, 2.45) is 0 Å². The zero-order valence-corrected chi connectivity index (χ0v) is 30.8. The van der Waals surface area contributed by atoms with E-state index in [4.69, 9.17) is 46.3 Å². The Balaban J connectivity index is 1.21. The summed E-state index contributed by atoms with van der Waals surface area (Å²) in [5.74, 6) is -15.9. The number of fused-ring (bicyclic) bond motifs is 2. The molecule has 24 heteroatoms. The molecule has 0 bridgehead atoms. The molecule has 0 saturated carbocycles. The summed E-state index contributed by atoms with van der Waals surface area (Å²) in [6.45, 7) is -8.81. The van der Waals surface area contributed by atoms with Gasteiger partial charge in [0.25, 0.3) is 0 Å². The number of ether oxygens (including phenoxy) is 1. The molecule has 60 heavy (non-hydrogen) atoms. The zero-order valence-electron chi connectivity index (χ0n) is 34.3. The fourth-order valence-electron chi connectivity index (χ4n) is 6.12. The summed E-state index contributed by atoms with van der Waals surface area (Å²) in [6.07, 6.45) is -4.52. The molecule has 5 heterocycles. The van der Waals surface area contributed by atoms with Crippen molar-refractivity contribution in [3.8, 4) is 11.6 Å². The zero-order chi connectivity index (χ0) is 48.2. The van der Waals surface area contributed by atoms with Gasteiger partial charge >= 0.3 is 11.9 Å². The van der Waals surface area contributed by atoms with Crippen LogP contribution in [0.15, 0.2) is 46.2 Å². The molecule has 1 aliphatic rings. The fourth-order valence-corrected chi connectivity index (χ4v) is 6.86. The smallest absolute Gasteiger partial charge is 0.341 e. The van der Waals surface area contributed by atoms with E-state index in [-0.39, 0.29) is 6.07 Å². The molecule has 16 nitrogen and oxygen atoms in total. The van der Waals surface area contributed by atoms with Crippen LogP contribution in [0.2, 0.25) is 10.0 Å². The number of nitrogen functional groups attached to an aromatic ring is 2. The number of pyridine rings is 4. The van der Waals surface area contributed by atoms with Crippen LogP contribution in [0.4, 0.5) is 49.4 Å². The second-order valence-electron chi connectivity index (χ2n) is 12.6. The molecule has 7 rings (SSSR count). The number of carbonyl (C=O) groups is 2. The normalized spacial score (nSPS) is 15.8. The summed E-state index contributed by atoms with van der Waals surface area (Å²) in [6, 6.07) is 1.40. The number of hydrogen-bond acceptors (Lipinski definition) is 12. The number of halogens is 8. The van der Waals surface area contributed by atoms with Crippen LogP contribution in [-0.2, 0) is 4.74 Å². The van der Waals surface area contributed by atoms with E-state index in [0.717, 1.165) is 4.90 Å². The number of nitrogens with zero attached hydrogens (tertiary/aromatic N) is 5. The van der Waals surface area contributed by atoms with Crippen molar-refractivity contribution in [1.29, 1.82) is 0 Å². The van der Waals surface area contributed by atoms with Crippen LogP contribution >= 0.6 is 23.2 Å². The summed E-state index contributed by atoms with van der Waals surface area (Å²) in [5, 5.41) is 28.8. The number of hydrogen-bond donors (Lipinski definition) is 6. The highest BCUT2D eigenvalue weighted by atomic mass is 35.5. The Morgan fingerprint density at radius 3 is 1.77 bits per heavy atom. The van der Waals surface area contributed by atoms with Crippen LogP contribution in [0.5, 0.6) is 0 Å². The molecule has 1 atom stereocenters. The summed E-state index contributed by atoms with van der Waals surface area (Å²) in [4.78, 5) is 58.2. The van der Waals surface area contributed by atoms with Gasteiger partial charge < -0.3 is 41.7 Å². The van der Waals surface area contributed by atoms with E-state index in [0.29, 0.717) is 39.7 Å². The number of carboxylic acids is 2. The number of aliphatic hydroxyl groups is 1. The average Bonchev–Trinajstić information content (AvgIpc) is 3.18. The van der Waals surface area contributed by atoms with Gasteiger partial charge in [-0.3, -0.25) is 18.7 Å². The number of rotatable bonds is 11. The maximum absolute atomic E-state index is 15.8. The molecular formula is C36H24Cl2F6N8O8. The molecule has 0 spiro atoms. The molecule has 2 aromatic carbocycles. The van der Waals surface area contributed by atoms with Crippen molar-refractivity contribution >= 4 is 80.0 Å². The molecule has 0 aliphatic carbocycles. The maximum atomic E-state index is 15.8. The van der Waals surface area contributed by atoms with Gasteiger partial charge in [-0.1, -0.05) is 23.2 Å². The first kappa shape index (κ1) is 35.3. The summed E-state index contributed by atoms with van der Waals surface area (Å²) in [5.41, 5.74) is 3.04. The number of nitrogens with one attached hydrogen (secondary N) is 1. The molecular weight excluding hydrogens is 857 g/mol. The quantitative estimate of drug-likeness (QED) is 0.0985. The predicted octanol–water partition coefficient (Wildman–Crippen LogP) is 4.47. The predicted molar refractivity (Wildman–Crippen MR) is 204 cm³/mol. The SMILES string of the molecule is [2H]C([2H])(Nc1c(F)cc2c(=O)c(C(=O)O)cn(-c3nc(N)c(F)cc3F)c2c1Cl)C([2H])(O)C([2H])([2H])OC1CN(c2c(F)cc3c(=O)c(C(=O)O)cn(-c4nc(N)c(F)cc4F)c3c2Cl)C1. The molecule has 0 radical (unpaired) electrons. The van der Waals surface area contributed by atoms with Crippen molar-refractivity contribution in [3.63, 3.8) is 0 Å². The number of nitrogens with two attached hydrogens (primary N) is 2. The third-order valence-corrected chi connectivity index (χ3v) is 9.65. The Kier molecular flexibility index (Phi) is 9.14. The van der Waals surface area contributed by atoms with E-state index in [9.17, 15) is 43.3 Å². The lowest BCUT2D eigenvalue weighted by Gasteiger charge is -2.41. The van der Waals surface area contributed by atoms with Crippen LogP contribution in [0.3, 0.4) is 0 Å². The van der Waals surface area contributed by atoms with Gasteiger partial charge in [0, 0.05) is 44.1 Å². The molecule has 1 unspecified atom stereocenters. The second-order valence-corrected chi connectivity index (χ2v) is 13.4. The van der Waals surface area contributed by atoms with Gasteiger partial charge in [0.2, 0.25) is 10.9 Å². The monoisotopic (exact) mass is 885 g/mol. The lowest BCUT2D eigenvalue weighted by molar-refractivity contribution is -0.0161. The highest BCUT2D eigenvalue weighted by molar-refractivity contribution is 6.38. The minimum absolute atomic E-state index is 0.233. The van der Waals surface area contributed by atoms with Crippen LogP contribution in [0, 0.1) is 34.9 Å². The largest absolute Gasteiger partial charge is 0.477 e. The Labute approximate surface area is 346 Å². The first-order valence-electron chi connectivity index (χ1n) is 18.9. The van der Waals surface area contributed by atoms with E-state index < -0.39 is 174 Å². The molecule has 8 N–H and O–H groups in total. The van der Waals surface area contributed by atoms with E-state index in [1.807, 2.05) is 0 Å². The first-order chi connectivity index (χ1) is 30.1. The van der Waals surface area contributed by atoms with Crippen molar-refractivity contribution < 1.29 is 62.8 Å². The number of carboxylic acid groups (broad SMARTS) is 2. The van der Waals surface area contributed by atoms with Gasteiger partial charge in [0.15, 0.2) is 46.5 Å². The summed E-state index contributed by atoms with van der Waals surface area (Å²) >= 11 is 13.0. The second kappa shape index (κ2) is 15.5. The highest BCUT2D eigenvalue weighted by Crippen LogP contribution is 2.39. The van der Waals surface area contributed by atoms with Crippen LogP contribution in [-0.4, -0.2) is 84.7 Å². The highest BCUT2D eigenvalue weighted by Gasteiger charge is 2.34. The van der Waals surface area contributed by atoms with E-state index >= 15 is 17.6 Å². The van der Waals surface area contributed by atoms with Crippen molar-refractivity contribution in [2.75, 3.05) is 47.8 Å². The van der Waals surface area contributed by atoms with E-state index in [1.165, 1.54) is 0 Å².